The standard InChI is InChI=1S/C27H29N7O2S/c1-18(16-33-10-12-36-13-11-33)30-27(35)34-8-5-19(6-9-34)24-15-21-22(4-7-28-26(21)32-24)31-20-2-3-23-25(14-20)37-17-29-23/h2-5,7,14-15,17H,6,8-13,16H2,1H3,(H2,28,31,32). The molecular weight excluding hydrogens is 486 g/mol. The van der Waals surface area contributed by atoms with Gasteiger partial charge < -0.3 is 19.9 Å². The molecule has 37 heavy (non-hydrogen) atoms. The number of carbonyl (C=O) groups is 1. The first-order valence-electron chi connectivity index (χ1n) is 12.5. The highest BCUT2D eigenvalue weighted by molar-refractivity contribution is 7.16. The van der Waals surface area contributed by atoms with Crippen LogP contribution in [0.2, 0.25) is 0 Å². The van der Waals surface area contributed by atoms with E-state index in [4.69, 9.17) is 4.74 Å². The van der Waals surface area contributed by atoms with Crippen LogP contribution in [0.15, 0.2) is 53.1 Å². The molecule has 2 aliphatic rings. The number of aliphatic imine (C=N–C) groups is 1. The zero-order valence-electron chi connectivity index (χ0n) is 20.7. The number of anilines is 2. The monoisotopic (exact) mass is 515 g/mol. The zero-order valence-corrected chi connectivity index (χ0v) is 21.6. The van der Waals surface area contributed by atoms with E-state index in [-0.39, 0.29) is 6.03 Å². The van der Waals surface area contributed by atoms with Gasteiger partial charge in [-0.05, 0) is 49.2 Å². The number of pyridine rings is 1. The van der Waals surface area contributed by atoms with Crippen molar-refractivity contribution in [2.75, 3.05) is 51.3 Å². The summed E-state index contributed by atoms with van der Waals surface area (Å²) in [5, 5.41) is 4.57. The average Bonchev–Trinajstić information content (AvgIpc) is 3.57. The number of ether oxygens (including phenoxy) is 1. The molecule has 0 aliphatic carbocycles. The highest BCUT2D eigenvalue weighted by Gasteiger charge is 2.20. The van der Waals surface area contributed by atoms with Gasteiger partial charge in [-0.15, -0.1) is 11.3 Å². The first-order chi connectivity index (χ1) is 18.1. The Hall–Kier alpha value is -3.60. The summed E-state index contributed by atoms with van der Waals surface area (Å²) in [4.78, 5) is 33.5. The summed E-state index contributed by atoms with van der Waals surface area (Å²) in [6.07, 6.45) is 4.69. The fourth-order valence-corrected chi connectivity index (χ4v) is 5.55. The van der Waals surface area contributed by atoms with Gasteiger partial charge >= 0.3 is 6.03 Å². The Morgan fingerprint density at radius 3 is 2.92 bits per heavy atom. The predicted octanol–water partition coefficient (Wildman–Crippen LogP) is 4.92. The summed E-state index contributed by atoms with van der Waals surface area (Å²) in [6.45, 7) is 7.07. The molecule has 6 rings (SSSR count). The first kappa shape index (κ1) is 23.8. The zero-order chi connectivity index (χ0) is 25.2. The molecule has 5 heterocycles. The maximum atomic E-state index is 12.8. The van der Waals surface area contributed by atoms with E-state index >= 15 is 0 Å². The number of aromatic amines is 1. The lowest BCUT2D eigenvalue weighted by Gasteiger charge is -2.27. The number of nitrogens with one attached hydrogen (secondary N) is 2. The SMILES string of the molecule is CC(CN1CCOCC1)=NC(=O)N1CC=C(c2cc3c(Nc4ccc5ncsc5c4)ccnc3[nH]2)CC1. The minimum Gasteiger partial charge on any atom is -0.379 e. The maximum Gasteiger partial charge on any atom is 0.343 e. The van der Waals surface area contributed by atoms with Crippen molar-refractivity contribution in [3.63, 3.8) is 0 Å². The van der Waals surface area contributed by atoms with E-state index in [2.05, 4.69) is 48.4 Å². The lowest BCUT2D eigenvalue weighted by molar-refractivity contribution is 0.0452. The number of benzene rings is 1. The third-order valence-electron chi connectivity index (χ3n) is 6.81. The topological polar surface area (TPSA) is 98.7 Å². The molecule has 4 aromatic rings. The summed E-state index contributed by atoms with van der Waals surface area (Å²) in [5.41, 5.74) is 8.79. The molecule has 10 heteroatoms. The number of hydrogen-bond donors (Lipinski definition) is 2. The van der Waals surface area contributed by atoms with Crippen LogP contribution < -0.4 is 5.32 Å². The Balaban J connectivity index is 1.14. The third kappa shape index (κ3) is 5.27. The Morgan fingerprint density at radius 2 is 2.08 bits per heavy atom. The maximum absolute atomic E-state index is 12.8. The van der Waals surface area contributed by atoms with E-state index in [9.17, 15) is 4.79 Å². The molecule has 1 aromatic carbocycles. The third-order valence-corrected chi connectivity index (χ3v) is 7.60. The van der Waals surface area contributed by atoms with Gasteiger partial charge in [0.15, 0.2) is 0 Å². The summed E-state index contributed by atoms with van der Waals surface area (Å²) in [5.74, 6) is 0. The fourth-order valence-electron chi connectivity index (χ4n) is 4.84. The molecule has 0 spiro atoms. The Kier molecular flexibility index (Phi) is 6.69. The number of urea groups is 1. The van der Waals surface area contributed by atoms with Crippen LogP contribution in [0, 0.1) is 0 Å². The smallest absolute Gasteiger partial charge is 0.343 e. The number of morpholine rings is 1. The Bertz CT molecular complexity index is 1500. The van der Waals surface area contributed by atoms with Gasteiger partial charge in [0.1, 0.15) is 5.65 Å². The van der Waals surface area contributed by atoms with Crippen molar-refractivity contribution in [3.8, 4) is 0 Å². The van der Waals surface area contributed by atoms with Gasteiger partial charge in [0.05, 0.1) is 34.6 Å². The Morgan fingerprint density at radius 1 is 1.19 bits per heavy atom. The van der Waals surface area contributed by atoms with E-state index < -0.39 is 0 Å². The van der Waals surface area contributed by atoms with Crippen molar-refractivity contribution in [1.29, 1.82) is 0 Å². The number of aromatic nitrogens is 3. The molecule has 0 bridgehead atoms. The van der Waals surface area contributed by atoms with Gasteiger partial charge in [0.25, 0.3) is 0 Å². The number of thiazole rings is 1. The summed E-state index contributed by atoms with van der Waals surface area (Å²) in [7, 11) is 0. The summed E-state index contributed by atoms with van der Waals surface area (Å²) in [6, 6.07) is 10.2. The first-order valence-corrected chi connectivity index (χ1v) is 13.4. The highest BCUT2D eigenvalue weighted by Crippen LogP contribution is 2.31. The molecule has 2 N–H and O–H groups in total. The normalized spacial score (nSPS) is 17.4. The van der Waals surface area contributed by atoms with E-state index in [1.807, 2.05) is 36.8 Å². The fraction of sp³-hybridized carbons (Fsp3) is 0.333. The lowest BCUT2D eigenvalue weighted by Crippen LogP contribution is -2.39. The quantitative estimate of drug-likeness (QED) is 0.366. The van der Waals surface area contributed by atoms with Gasteiger partial charge in [-0.3, -0.25) is 4.90 Å². The number of fused-ring (bicyclic) bond motifs is 2. The van der Waals surface area contributed by atoms with Crippen molar-refractivity contribution < 1.29 is 9.53 Å². The summed E-state index contributed by atoms with van der Waals surface area (Å²) >= 11 is 1.63. The van der Waals surface area contributed by atoms with Crippen LogP contribution in [0.25, 0.3) is 26.8 Å². The van der Waals surface area contributed by atoms with Gasteiger partial charge in [0, 0.05) is 61.4 Å². The van der Waals surface area contributed by atoms with Gasteiger partial charge in [-0.2, -0.15) is 0 Å². The molecule has 0 saturated carbocycles. The summed E-state index contributed by atoms with van der Waals surface area (Å²) < 4.78 is 6.54. The second kappa shape index (κ2) is 10.4. The molecule has 2 aliphatic heterocycles. The number of nitrogens with zero attached hydrogens (tertiary/aromatic N) is 5. The van der Waals surface area contributed by atoms with Crippen LogP contribution in [0.4, 0.5) is 16.2 Å². The number of H-pyrrole nitrogens is 1. The molecule has 9 nitrogen and oxygen atoms in total. The van der Waals surface area contributed by atoms with Gasteiger partial charge in [0.2, 0.25) is 0 Å². The number of amides is 2. The van der Waals surface area contributed by atoms with Gasteiger partial charge in [-0.1, -0.05) is 6.08 Å². The van der Waals surface area contributed by atoms with Crippen molar-refractivity contribution >= 4 is 61.3 Å². The van der Waals surface area contributed by atoms with Crippen molar-refractivity contribution in [2.45, 2.75) is 13.3 Å². The molecule has 1 fully saturated rings. The average molecular weight is 516 g/mol. The molecule has 0 unspecified atom stereocenters. The molecule has 0 atom stereocenters. The molecule has 190 valence electrons. The highest BCUT2D eigenvalue weighted by atomic mass is 32.1. The van der Waals surface area contributed by atoms with Crippen molar-refractivity contribution in [3.05, 3.63) is 53.8 Å². The van der Waals surface area contributed by atoms with E-state index in [0.717, 1.165) is 76.8 Å². The van der Waals surface area contributed by atoms with Crippen LogP contribution in [-0.2, 0) is 4.74 Å². The Labute approximate surface area is 218 Å². The van der Waals surface area contributed by atoms with Crippen molar-refractivity contribution in [2.24, 2.45) is 4.99 Å². The number of carbonyl (C=O) groups excluding carboxylic acids is 1. The van der Waals surface area contributed by atoms with Gasteiger partial charge in [-0.25, -0.2) is 19.8 Å². The van der Waals surface area contributed by atoms with Crippen molar-refractivity contribution in [1.82, 2.24) is 24.8 Å². The largest absolute Gasteiger partial charge is 0.379 e. The van der Waals surface area contributed by atoms with Crippen LogP contribution in [0.3, 0.4) is 0 Å². The predicted molar refractivity (Wildman–Crippen MR) is 149 cm³/mol. The lowest BCUT2D eigenvalue weighted by atomic mass is 10.0. The molecular formula is C27H29N7O2S. The second-order valence-corrected chi connectivity index (χ2v) is 10.3. The van der Waals surface area contributed by atoms with Crippen LogP contribution in [0.1, 0.15) is 19.0 Å². The van der Waals surface area contributed by atoms with Crippen LogP contribution in [-0.4, -0.2) is 82.4 Å². The van der Waals surface area contributed by atoms with Crippen LogP contribution in [0.5, 0.6) is 0 Å². The molecule has 2 amide bonds. The molecule has 3 aromatic heterocycles. The molecule has 0 radical (unpaired) electrons. The van der Waals surface area contributed by atoms with E-state index in [1.54, 1.807) is 16.2 Å². The van der Waals surface area contributed by atoms with E-state index in [0.29, 0.717) is 19.6 Å². The van der Waals surface area contributed by atoms with E-state index in [1.165, 1.54) is 5.57 Å². The van der Waals surface area contributed by atoms with Crippen LogP contribution >= 0.6 is 11.3 Å². The minimum absolute atomic E-state index is 0.163. The number of rotatable bonds is 5. The minimum atomic E-state index is -0.163. The molecule has 1 saturated heterocycles. The number of hydrogen-bond acceptors (Lipinski definition) is 7. The second-order valence-electron chi connectivity index (χ2n) is 9.41.